The topological polar surface area (TPSA) is 50.2 Å². The number of hydrogen-bond donors (Lipinski definition) is 1. The van der Waals surface area contributed by atoms with Crippen molar-refractivity contribution in [2.75, 3.05) is 7.05 Å². The second-order valence-corrected chi connectivity index (χ2v) is 6.43. The predicted octanol–water partition coefficient (Wildman–Crippen LogP) is 4.34. The van der Waals surface area contributed by atoms with E-state index in [-0.39, 0.29) is 18.1 Å². The number of nitrogens with zero attached hydrogens (tertiary/aromatic N) is 3. The van der Waals surface area contributed by atoms with E-state index in [2.05, 4.69) is 10.3 Å². The van der Waals surface area contributed by atoms with Gasteiger partial charge >= 0.3 is 6.03 Å². The summed E-state index contributed by atoms with van der Waals surface area (Å²) >= 11 is 0. The fourth-order valence-electron chi connectivity index (χ4n) is 2.85. The number of amides is 2. The van der Waals surface area contributed by atoms with Gasteiger partial charge in [0.05, 0.1) is 18.4 Å². The molecule has 3 rings (SSSR count). The van der Waals surface area contributed by atoms with Gasteiger partial charge in [0.25, 0.3) is 0 Å². The van der Waals surface area contributed by atoms with Crippen molar-refractivity contribution in [1.82, 2.24) is 19.8 Å². The average molecular weight is 348 g/mol. The highest BCUT2D eigenvalue weighted by molar-refractivity contribution is 5.75. The zero-order chi connectivity index (χ0) is 18.5. The first-order valence-electron chi connectivity index (χ1n) is 8.73. The summed E-state index contributed by atoms with van der Waals surface area (Å²) in [7, 11) is 1.82. The molecule has 5 nitrogen and oxygen atoms in total. The van der Waals surface area contributed by atoms with Gasteiger partial charge < -0.3 is 14.8 Å². The number of hydrogen-bond acceptors (Lipinski definition) is 2. The molecule has 1 N–H and O–H groups in total. The molecule has 2 aromatic carbocycles. The molecule has 0 saturated carbocycles. The van der Waals surface area contributed by atoms with Gasteiger partial charge in [-0.3, -0.25) is 0 Å². The number of aromatic nitrogens is 2. The Kier molecular flexibility index (Phi) is 5.37. The van der Waals surface area contributed by atoms with Gasteiger partial charge in [-0.2, -0.15) is 0 Å². The fourth-order valence-corrected chi connectivity index (χ4v) is 2.85. The summed E-state index contributed by atoms with van der Waals surface area (Å²) in [4.78, 5) is 18.4. The van der Waals surface area contributed by atoms with Crippen molar-refractivity contribution in [2.45, 2.75) is 25.9 Å². The molecular weight excluding hydrogens is 324 g/mol. The summed E-state index contributed by atoms with van der Waals surface area (Å²) in [5.41, 5.74) is 3.21. The van der Waals surface area contributed by atoms with Gasteiger partial charge in [-0.05, 0) is 37.1 Å². The van der Waals surface area contributed by atoms with E-state index < -0.39 is 0 Å². The smallest absolute Gasteiger partial charge is 0.318 e. The van der Waals surface area contributed by atoms with E-state index in [1.54, 1.807) is 17.4 Å². The molecule has 0 bridgehead atoms. The molecule has 2 atom stereocenters. The molecular formula is C21H24N4O. The lowest BCUT2D eigenvalue weighted by Crippen LogP contribution is -2.39. The minimum Gasteiger partial charge on any atom is -0.331 e. The standard InChI is InChI=1S/C21H24N4O/c1-16(18-9-11-20(12-10-18)25-14-13-22-15-25)23-21(26)24(3)17(2)19-7-5-4-6-8-19/h4-17H,1-3H3,(H,23,26)/t16-,17-/m1/s1. The maximum absolute atomic E-state index is 12.6. The average Bonchev–Trinajstić information content (AvgIpc) is 3.22. The van der Waals surface area contributed by atoms with Gasteiger partial charge in [-0.1, -0.05) is 42.5 Å². The fraction of sp³-hybridized carbons (Fsp3) is 0.238. The lowest BCUT2D eigenvalue weighted by atomic mass is 10.1. The summed E-state index contributed by atoms with van der Waals surface area (Å²) in [6, 6.07) is 18.0. The van der Waals surface area contributed by atoms with Crippen LogP contribution in [-0.4, -0.2) is 27.5 Å². The maximum Gasteiger partial charge on any atom is 0.318 e. The molecule has 1 heterocycles. The second-order valence-electron chi connectivity index (χ2n) is 6.43. The molecule has 1 aromatic heterocycles. The van der Waals surface area contributed by atoms with E-state index in [0.29, 0.717) is 0 Å². The number of urea groups is 1. The van der Waals surface area contributed by atoms with Crippen LogP contribution >= 0.6 is 0 Å². The number of benzene rings is 2. The molecule has 0 spiro atoms. The normalized spacial score (nSPS) is 13.0. The van der Waals surface area contributed by atoms with Crippen molar-refractivity contribution in [3.8, 4) is 5.69 Å². The Morgan fingerprint density at radius 1 is 1.04 bits per heavy atom. The minimum atomic E-state index is -0.0902. The third-order valence-electron chi connectivity index (χ3n) is 4.72. The van der Waals surface area contributed by atoms with Gasteiger partial charge in [0.1, 0.15) is 0 Å². The Morgan fingerprint density at radius 3 is 2.35 bits per heavy atom. The summed E-state index contributed by atoms with van der Waals surface area (Å²) in [5, 5.41) is 3.07. The van der Waals surface area contributed by atoms with Crippen molar-refractivity contribution in [3.63, 3.8) is 0 Å². The highest BCUT2D eigenvalue weighted by Crippen LogP contribution is 2.20. The van der Waals surface area contributed by atoms with Crippen LogP contribution in [0.3, 0.4) is 0 Å². The van der Waals surface area contributed by atoms with Crippen molar-refractivity contribution in [1.29, 1.82) is 0 Å². The predicted molar refractivity (Wildman–Crippen MR) is 103 cm³/mol. The third kappa shape index (κ3) is 3.94. The van der Waals surface area contributed by atoms with E-state index in [1.165, 1.54) is 0 Å². The first-order chi connectivity index (χ1) is 12.6. The van der Waals surface area contributed by atoms with Crippen LogP contribution in [0, 0.1) is 0 Å². The van der Waals surface area contributed by atoms with E-state index in [9.17, 15) is 4.79 Å². The van der Waals surface area contributed by atoms with Crippen LogP contribution in [0.1, 0.15) is 37.1 Å². The van der Waals surface area contributed by atoms with E-state index in [4.69, 9.17) is 0 Å². The van der Waals surface area contributed by atoms with Crippen LogP contribution in [0.2, 0.25) is 0 Å². The van der Waals surface area contributed by atoms with Crippen molar-refractivity contribution in [3.05, 3.63) is 84.4 Å². The molecule has 3 aromatic rings. The number of nitrogens with one attached hydrogen (secondary N) is 1. The van der Waals surface area contributed by atoms with Gasteiger partial charge in [-0.15, -0.1) is 0 Å². The SMILES string of the molecule is C[C@H](c1ccccc1)N(C)C(=O)N[C@H](C)c1ccc(-n2ccnc2)cc1. The second kappa shape index (κ2) is 7.87. The van der Waals surface area contributed by atoms with Crippen molar-refractivity contribution in [2.24, 2.45) is 0 Å². The van der Waals surface area contributed by atoms with Crippen molar-refractivity contribution < 1.29 is 4.79 Å². The molecule has 0 fully saturated rings. The Hall–Kier alpha value is -3.08. The number of carbonyl (C=O) groups excluding carboxylic acids is 1. The minimum absolute atomic E-state index is 0.00650. The Labute approximate surface area is 154 Å². The van der Waals surface area contributed by atoms with Gasteiger partial charge in [0.2, 0.25) is 0 Å². The van der Waals surface area contributed by atoms with Crippen LogP contribution in [0.5, 0.6) is 0 Å². The molecule has 5 heteroatoms. The van der Waals surface area contributed by atoms with E-state index >= 15 is 0 Å². The van der Waals surface area contributed by atoms with Crippen LogP contribution in [-0.2, 0) is 0 Å². The summed E-state index contributed by atoms with van der Waals surface area (Å²) in [5.74, 6) is 0. The molecule has 0 aliphatic rings. The summed E-state index contributed by atoms with van der Waals surface area (Å²) in [6.07, 6.45) is 5.42. The molecule has 0 aliphatic heterocycles. The first kappa shape index (κ1) is 17.7. The number of imidazole rings is 1. The van der Waals surface area contributed by atoms with E-state index in [0.717, 1.165) is 16.8 Å². The Balaban J connectivity index is 1.63. The largest absolute Gasteiger partial charge is 0.331 e. The molecule has 0 unspecified atom stereocenters. The van der Waals surface area contributed by atoms with Gasteiger partial charge in [0.15, 0.2) is 0 Å². The van der Waals surface area contributed by atoms with Gasteiger partial charge in [0, 0.05) is 25.1 Å². The van der Waals surface area contributed by atoms with E-state index in [1.807, 2.05) is 86.3 Å². The molecule has 0 saturated heterocycles. The highest BCUT2D eigenvalue weighted by atomic mass is 16.2. The van der Waals surface area contributed by atoms with Crippen LogP contribution < -0.4 is 5.32 Å². The highest BCUT2D eigenvalue weighted by Gasteiger charge is 2.19. The molecule has 26 heavy (non-hydrogen) atoms. The first-order valence-corrected chi connectivity index (χ1v) is 8.73. The Bertz CT molecular complexity index is 828. The zero-order valence-electron chi connectivity index (χ0n) is 15.3. The monoisotopic (exact) mass is 348 g/mol. The molecule has 2 amide bonds. The number of carbonyl (C=O) groups is 1. The van der Waals surface area contributed by atoms with Crippen LogP contribution in [0.4, 0.5) is 4.79 Å². The Morgan fingerprint density at radius 2 is 1.73 bits per heavy atom. The maximum atomic E-state index is 12.6. The molecule has 134 valence electrons. The summed E-state index contributed by atoms with van der Waals surface area (Å²) in [6.45, 7) is 4.02. The van der Waals surface area contributed by atoms with Crippen LogP contribution in [0.25, 0.3) is 5.69 Å². The van der Waals surface area contributed by atoms with Crippen molar-refractivity contribution >= 4 is 6.03 Å². The van der Waals surface area contributed by atoms with Gasteiger partial charge in [-0.25, -0.2) is 9.78 Å². The lowest BCUT2D eigenvalue weighted by molar-refractivity contribution is 0.191. The lowest BCUT2D eigenvalue weighted by Gasteiger charge is -2.27. The molecule has 0 radical (unpaired) electrons. The third-order valence-corrected chi connectivity index (χ3v) is 4.72. The quantitative estimate of drug-likeness (QED) is 0.746. The summed E-state index contributed by atoms with van der Waals surface area (Å²) < 4.78 is 1.95. The molecule has 0 aliphatic carbocycles. The number of rotatable bonds is 5. The zero-order valence-corrected chi connectivity index (χ0v) is 15.3. The van der Waals surface area contributed by atoms with Crippen LogP contribution in [0.15, 0.2) is 73.3 Å².